The Morgan fingerprint density at radius 1 is 1.33 bits per heavy atom. The van der Waals surface area contributed by atoms with Crippen molar-refractivity contribution in [3.63, 3.8) is 0 Å². The van der Waals surface area contributed by atoms with E-state index in [1.807, 2.05) is 15.8 Å². The molecule has 1 saturated heterocycles. The Balaban J connectivity index is 1.01. The summed E-state index contributed by atoms with van der Waals surface area (Å²) in [6.45, 7) is 1.30. The summed E-state index contributed by atoms with van der Waals surface area (Å²) < 4.78 is 49.3. The Hall–Kier alpha value is -2.34. The topological polar surface area (TPSA) is 88.9 Å². The summed E-state index contributed by atoms with van der Waals surface area (Å²) in [6, 6.07) is 4.98. The van der Waals surface area contributed by atoms with E-state index < -0.39 is 24.7 Å². The number of rotatable bonds is 6. The monoisotopic (exact) mass is 526 g/mol. The first-order valence-corrected chi connectivity index (χ1v) is 12.4. The van der Waals surface area contributed by atoms with Gasteiger partial charge in [-0.25, -0.2) is 0 Å². The number of hydrogen-bond acceptors (Lipinski definition) is 6. The molecule has 2 N–H and O–H groups in total. The molecular weight excluding hydrogens is 501 g/mol. The standard InChI is InChI=1S/C24H26ClF3N4O4/c25-15-1-2-19-17(5-15)18(33)6-20(35-19)21(34)30-22-11-23(12-22,13-22)32-9-14(7-29-32)8-31-4-3-16(10-31)36-24(26,27)28/h1-2,5,7,9,16,18,20,33H,3-4,6,8,10-13H2,(H,30,34)/t16-,18+,20+,22?,23?/m0/s1. The van der Waals surface area contributed by atoms with Crippen LogP contribution in [0.15, 0.2) is 30.6 Å². The third-order valence-electron chi connectivity index (χ3n) is 7.78. The Labute approximate surface area is 210 Å². The van der Waals surface area contributed by atoms with Crippen LogP contribution in [-0.2, 0) is 21.6 Å². The van der Waals surface area contributed by atoms with Gasteiger partial charge in [0.05, 0.1) is 23.9 Å². The van der Waals surface area contributed by atoms with Crippen LogP contribution in [0.1, 0.15) is 49.3 Å². The normalized spacial score (nSPS) is 33.3. The number of benzene rings is 1. The number of aliphatic hydroxyl groups excluding tert-OH is 1. The lowest BCUT2D eigenvalue weighted by molar-refractivity contribution is -0.340. The molecule has 12 heteroatoms. The van der Waals surface area contributed by atoms with Crippen molar-refractivity contribution < 1.29 is 32.5 Å². The van der Waals surface area contributed by atoms with Gasteiger partial charge in [-0.1, -0.05) is 11.6 Å². The largest absolute Gasteiger partial charge is 0.522 e. The molecule has 0 radical (unpaired) electrons. The Morgan fingerprint density at radius 3 is 2.86 bits per heavy atom. The molecule has 194 valence electrons. The van der Waals surface area contributed by atoms with Crippen molar-refractivity contribution in [3.8, 4) is 5.75 Å². The molecule has 1 aromatic heterocycles. The van der Waals surface area contributed by atoms with E-state index in [9.17, 15) is 23.1 Å². The van der Waals surface area contributed by atoms with Crippen molar-refractivity contribution in [3.05, 3.63) is 46.7 Å². The van der Waals surface area contributed by atoms with Gasteiger partial charge in [0.25, 0.3) is 5.91 Å². The Kier molecular flexibility index (Phi) is 5.56. The summed E-state index contributed by atoms with van der Waals surface area (Å²) in [7, 11) is 0. The van der Waals surface area contributed by atoms with E-state index in [1.54, 1.807) is 24.4 Å². The highest BCUT2D eigenvalue weighted by Crippen LogP contribution is 2.65. The zero-order valence-corrected chi connectivity index (χ0v) is 20.1. The molecular formula is C24H26ClF3N4O4. The summed E-state index contributed by atoms with van der Waals surface area (Å²) in [5.74, 6) is 0.222. The number of halogens is 4. The summed E-state index contributed by atoms with van der Waals surface area (Å²) in [4.78, 5) is 14.9. The van der Waals surface area contributed by atoms with E-state index in [4.69, 9.17) is 16.3 Å². The van der Waals surface area contributed by atoms with Crippen molar-refractivity contribution >= 4 is 17.5 Å². The van der Waals surface area contributed by atoms with Gasteiger partial charge in [0.2, 0.25) is 0 Å². The highest BCUT2D eigenvalue weighted by atomic mass is 35.5. The van der Waals surface area contributed by atoms with Gasteiger partial charge in [-0.05, 0) is 43.9 Å². The molecule has 1 aromatic carbocycles. The van der Waals surface area contributed by atoms with Gasteiger partial charge in [-0.3, -0.25) is 19.1 Å². The lowest BCUT2D eigenvalue weighted by Gasteiger charge is -2.70. The Morgan fingerprint density at radius 2 is 2.11 bits per heavy atom. The average Bonchev–Trinajstić information content (AvgIpc) is 3.38. The molecule has 0 spiro atoms. The van der Waals surface area contributed by atoms with Crippen LogP contribution in [0.3, 0.4) is 0 Å². The number of carbonyl (C=O) groups excluding carboxylic acids is 1. The van der Waals surface area contributed by atoms with Crippen molar-refractivity contribution in [1.29, 1.82) is 0 Å². The molecule has 3 atom stereocenters. The molecule has 2 aromatic rings. The smallest absolute Gasteiger partial charge is 0.480 e. The minimum atomic E-state index is -4.61. The molecule has 2 bridgehead atoms. The third-order valence-corrected chi connectivity index (χ3v) is 8.01. The second-order valence-corrected chi connectivity index (χ2v) is 11.0. The molecule has 36 heavy (non-hydrogen) atoms. The molecule has 3 aliphatic carbocycles. The second kappa shape index (κ2) is 8.34. The van der Waals surface area contributed by atoms with E-state index in [0.717, 1.165) is 24.8 Å². The average molecular weight is 527 g/mol. The van der Waals surface area contributed by atoms with Crippen LogP contribution in [0.4, 0.5) is 13.2 Å². The van der Waals surface area contributed by atoms with Crippen LogP contribution in [0.2, 0.25) is 5.02 Å². The van der Waals surface area contributed by atoms with E-state index in [0.29, 0.717) is 35.8 Å². The Bertz CT molecular complexity index is 1170. The molecule has 7 rings (SSSR count). The summed E-state index contributed by atoms with van der Waals surface area (Å²) in [5.41, 5.74) is 1.08. The van der Waals surface area contributed by atoms with Gasteiger partial charge < -0.3 is 15.2 Å². The number of likely N-dealkylation sites (tertiary alicyclic amines) is 1. The first-order chi connectivity index (χ1) is 17.0. The predicted molar refractivity (Wildman–Crippen MR) is 121 cm³/mol. The van der Waals surface area contributed by atoms with E-state index in [-0.39, 0.29) is 30.0 Å². The fourth-order valence-electron chi connectivity index (χ4n) is 6.22. The van der Waals surface area contributed by atoms with Gasteiger partial charge in [-0.15, -0.1) is 13.2 Å². The van der Waals surface area contributed by atoms with Gasteiger partial charge in [0.15, 0.2) is 6.10 Å². The quantitative estimate of drug-likeness (QED) is 0.600. The highest BCUT2D eigenvalue weighted by molar-refractivity contribution is 6.30. The first-order valence-electron chi connectivity index (χ1n) is 12.0. The summed E-state index contributed by atoms with van der Waals surface area (Å²) >= 11 is 6.00. The number of ether oxygens (including phenoxy) is 2. The molecule has 2 aliphatic heterocycles. The number of nitrogens with zero attached hydrogens (tertiary/aromatic N) is 3. The number of carbonyl (C=O) groups is 1. The maximum atomic E-state index is 12.9. The van der Waals surface area contributed by atoms with Crippen LogP contribution in [0, 0.1) is 0 Å². The SMILES string of the molecule is O=C(NC12CC(n3cc(CN4CC[C@H](OC(F)(F)F)C4)cn3)(C1)C2)[C@H]1C[C@@H](O)c2cc(Cl)ccc2O1. The van der Waals surface area contributed by atoms with Crippen molar-refractivity contribution in [2.45, 2.75) is 74.4 Å². The minimum Gasteiger partial charge on any atom is -0.480 e. The molecule has 5 aliphatic rings. The second-order valence-electron chi connectivity index (χ2n) is 10.6. The minimum absolute atomic E-state index is 0.144. The maximum absolute atomic E-state index is 12.9. The molecule has 3 saturated carbocycles. The van der Waals surface area contributed by atoms with Crippen LogP contribution in [0.5, 0.6) is 5.75 Å². The number of hydrogen-bond donors (Lipinski definition) is 2. The zero-order chi connectivity index (χ0) is 25.3. The molecule has 8 nitrogen and oxygen atoms in total. The third kappa shape index (κ3) is 4.36. The predicted octanol–water partition coefficient (Wildman–Crippen LogP) is 3.28. The maximum Gasteiger partial charge on any atom is 0.522 e. The zero-order valence-electron chi connectivity index (χ0n) is 19.3. The molecule has 1 amide bonds. The van der Waals surface area contributed by atoms with Gasteiger partial charge >= 0.3 is 6.36 Å². The lowest BCUT2D eigenvalue weighted by atomic mass is 9.44. The number of alkyl halides is 3. The molecule has 3 heterocycles. The molecule has 4 fully saturated rings. The summed E-state index contributed by atoms with van der Waals surface area (Å²) in [6.07, 6.45) is -0.578. The van der Waals surface area contributed by atoms with Crippen LogP contribution < -0.4 is 10.1 Å². The highest BCUT2D eigenvalue weighted by Gasteiger charge is 2.70. The van der Waals surface area contributed by atoms with E-state index in [2.05, 4.69) is 15.2 Å². The summed E-state index contributed by atoms with van der Waals surface area (Å²) in [5, 5.41) is 18.6. The first kappa shape index (κ1) is 24.0. The van der Waals surface area contributed by atoms with Gasteiger partial charge in [-0.2, -0.15) is 5.10 Å². The number of aliphatic hydroxyl groups is 1. The fraction of sp³-hybridized carbons (Fsp3) is 0.583. The van der Waals surface area contributed by atoms with Gasteiger partial charge in [0, 0.05) is 53.9 Å². The van der Waals surface area contributed by atoms with Crippen molar-refractivity contribution in [2.75, 3.05) is 13.1 Å². The van der Waals surface area contributed by atoms with Crippen LogP contribution >= 0.6 is 11.6 Å². The van der Waals surface area contributed by atoms with Crippen LogP contribution in [-0.4, -0.2) is 62.9 Å². The van der Waals surface area contributed by atoms with E-state index >= 15 is 0 Å². The molecule has 0 unspecified atom stereocenters. The lowest BCUT2D eigenvalue weighted by Crippen LogP contribution is -2.79. The fourth-order valence-corrected chi connectivity index (χ4v) is 6.40. The number of nitrogens with one attached hydrogen (secondary N) is 1. The van der Waals surface area contributed by atoms with Gasteiger partial charge in [0.1, 0.15) is 5.75 Å². The number of aromatic nitrogens is 2. The van der Waals surface area contributed by atoms with E-state index in [1.165, 1.54) is 0 Å². The van der Waals surface area contributed by atoms with Crippen molar-refractivity contribution in [1.82, 2.24) is 20.0 Å². The van der Waals surface area contributed by atoms with Crippen LogP contribution in [0.25, 0.3) is 0 Å². The van der Waals surface area contributed by atoms with Crippen molar-refractivity contribution in [2.24, 2.45) is 0 Å². The number of fused-ring (bicyclic) bond motifs is 1. The number of amides is 1.